The highest BCUT2D eigenvalue weighted by molar-refractivity contribution is 9.10. The molecule has 0 spiro atoms. The molecule has 1 atom stereocenters. The second kappa shape index (κ2) is 4.89. The summed E-state index contributed by atoms with van der Waals surface area (Å²) in [5.41, 5.74) is 1.22. The Morgan fingerprint density at radius 1 is 1.44 bits per heavy atom. The van der Waals surface area contributed by atoms with Crippen LogP contribution in [-0.4, -0.2) is 5.11 Å². The molecule has 0 aliphatic heterocycles. The summed E-state index contributed by atoms with van der Waals surface area (Å²) in [7, 11) is 0. The molecule has 0 saturated heterocycles. The smallest absolute Gasteiger partial charge is 0.0846 e. The van der Waals surface area contributed by atoms with Crippen LogP contribution in [-0.2, 0) is 0 Å². The molecule has 2 heteroatoms. The third kappa shape index (κ3) is 2.18. The maximum atomic E-state index is 10.5. The first-order valence-electron chi connectivity index (χ1n) is 6.11. The van der Waals surface area contributed by atoms with E-state index >= 15 is 0 Å². The van der Waals surface area contributed by atoms with Crippen LogP contribution in [0, 0.1) is 5.41 Å². The quantitative estimate of drug-likeness (QED) is 0.865. The third-order valence-electron chi connectivity index (χ3n) is 3.84. The number of benzene rings is 1. The highest BCUT2D eigenvalue weighted by Crippen LogP contribution is 2.53. The van der Waals surface area contributed by atoms with Crippen molar-refractivity contribution >= 4 is 15.9 Å². The van der Waals surface area contributed by atoms with Gasteiger partial charge in [-0.15, -0.1) is 0 Å². The van der Waals surface area contributed by atoms with Gasteiger partial charge in [0.2, 0.25) is 0 Å². The molecule has 0 amide bonds. The largest absolute Gasteiger partial charge is 0.388 e. The molecule has 0 aromatic heterocycles. The van der Waals surface area contributed by atoms with Gasteiger partial charge in [0.25, 0.3) is 0 Å². The average Bonchev–Trinajstić information content (AvgIpc) is 2.22. The second-order valence-electron chi connectivity index (χ2n) is 4.92. The summed E-state index contributed by atoms with van der Waals surface area (Å²) in [6, 6.07) is 8.08. The molecule has 1 fully saturated rings. The Morgan fingerprint density at radius 2 is 2.19 bits per heavy atom. The first-order chi connectivity index (χ1) is 7.68. The zero-order valence-electron chi connectivity index (χ0n) is 9.75. The lowest BCUT2D eigenvalue weighted by Crippen LogP contribution is -2.35. The van der Waals surface area contributed by atoms with E-state index in [0.29, 0.717) is 0 Å². The Labute approximate surface area is 106 Å². The maximum Gasteiger partial charge on any atom is 0.0846 e. The monoisotopic (exact) mass is 282 g/mol. The van der Waals surface area contributed by atoms with Crippen molar-refractivity contribution in [1.29, 1.82) is 0 Å². The van der Waals surface area contributed by atoms with E-state index in [2.05, 4.69) is 22.9 Å². The highest BCUT2D eigenvalue weighted by atomic mass is 79.9. The first kappa shape index (κ1) is 12.1. The Kier molecular flexibility index (Phi) is 3.70. The fourth-order valence-electron chi connectivity index (χ4n) is 2.82. The topological polar surface area (TPSA) is 20.2 Å². The van der Waals surface area contributed by atoms with Gasteiger partial charge in [-0.1, -0.05) is 47.8 Å². The Bertz CT molecular complexity index is 358. The van der Waals surface area contributed by atoms with Crippen molar-refractivity contribution < 1.29 is 5.11 Å². The minimum atomic E-state index is -0.293. The van der Waals surface area contributed by atoms with Crippen LogP contribution in [0.2, 0.25) is 0 Å². The van der Waals surface area contributed by atoms with Crippen LogP contribution in [0.25, 0.3) is 0 Å². The lowest BCUT2D eigenvalue weighted by atomic mass is 9.61. The molecule has 1 saturated carbocycles. The van der Waals surface area contributed by atoms with Crippen LogP contribution in [0.1, 0.15) is 50.7 Å². The van der Waals surface area contributed by atoms with E-state index in [1.54, 1.807) is 0 Å². The predicted octanol–water partition coefficient (Wildman–Crippen LogP) is 4.45. The Balaban J connectivity index is 2.20. The molecule has 1 N–H and O–H groups in total. The van der Waals surface area contributed by atoms with Crippen LogP contribution < -0.4 is 0 Å². The number of hydrogen-bond acceptors (Lipinski definition) is 1. The van der Waals surface area contributed by atoms with Crippen LogP contribution in [0.15, 0.2) is 28.7 Å². The van der Waals surface area contributed by atoms with Gasteiger partial charge in [-0.3, -0.25) is 0 Å². The third-order valence-corrected chi connectivity index (χ3v) is 4.33. The van der Waals surface area contributed by atoms with Gasteiger partial charge in [0.05, 0.1) is 6.10 Å². The van der Waals surface area contributed by atoms with Gasteiger partial charge < -0.3 is 5.11 Å². The second-order valence-corrected chi connectivity index (χ2v) is 5.84. The van der Waals surface area contributed by atoms with Crippen molar-refractivity contribution in [2.45, 2.75) is 45.1 Å². The lowest BCUT2D eigenvalue weighted by Gasteiger charge is -2.46. The molecule has 1 unspecified atom stereocenters. The van der Waals surface area contributed by atoms with Gasteiger partial charge in [-0.25, -0.2) is 0 Å². The molecule has 1 aliphatic carbocycles. The number of hydrogen-bond donors (Lipinski definition) is 1. The van der Waals surface area contributed by atoms with E-state index in [1.165, 1.54) is 19.3 Å². The molecule has 0 radical (unpaired) electrons. The SMILES string of the molecule is CCCC1(C(O)c2cccc(Br)c2)CCC1. The minimum absolute atomic E-state index is 0.162. The minimum Gasteiger partial charge on any atom is -0.388 e. The van der Waals surface area contributed by atoms with E-state index in [-0.39, 0.29) is 11.5 Å². The fourth-order valence-corrected chi connectivity index (χ4v) is 3.24. The zero-order chi connectivity index (χ0) is 11.6. The molecule has 2 rings (SSSR count). The summed E-state index contributed by atoms with van der Waals surface area (Å²) >= 11 is 3.46. The van der Waals surface area contributed by atoms with Gasteiger partial charge in [-0.2, -0.15) is 0 Å². The van der Waals surface area contributed by atoms with Gasteiger partial charge in [0.1, 0.15) is 0 Å². The molecule has 1 aromatic rings. The van der Waals surface area contributed by atoms with Crippen LogP contribution >= 0.6 is 15.9 Å². The number of aliphatic hydroxyl groups is 1. The van der Waals surface area contributed by atoms with Gasteiger partial charge in [0.15, 0.2) is 0 Å². The number of rotatable bonds is 4. The molecular weight excluding hydrogens is 264 g/mol. The average molecular weight is 283 g/mol. The normalized spacial score (nSPS) is 20.2. The maximum absolute atomic E-state index is 10.5. The van der Waals surface area contributed by atoms with Crippen LogP contribution in [0.5, 0.6) is 0 Å². The van der Waals surface area contributed by atoms with Crippen LogP contribution in [0.4, 0.5) is 0 Å². The molecule has 0 bridgehead atoms. The van der Waals surface area contributed by atoms with Crippen LogP contribution in [0.3, 0.4) is 0 Å². The molecule has 1 aromatic carbocycles. The Hall–Kier alpha value is -0.340. The summed E-state index contributed by atoms with van der Waals surface area (Å²) in [6.45, 7) is 2.20. The van der Waals surface area contributed by atoms with Gasteiger partial charge in [-0.05, 0) is 37.0 Å². The highest BCUT2D eigenvalue weighted by Gasteiger charge is 2.43. The van der Waals surface area contributed by atoms with E-state index in [9.17, 15) is 5.11 Å². The van der Waals surface area contributed by atoms with Gasteiger partial charge in [0, 0.05) is 9.89 Å². The Morgan fingerprint density at radius 3 is 2.69 bits per heavy atom. The standard InChI is InChI=1S/C14H19BrO/c1-2-7-14(8-4-9-14)13(16)11-5-3-6-12(15)10-11/h3,5-6,10,13,16H,2,4,7-9H2,1H3. The molecule has 1 nitrogen and oxygen atoms in total. The summed E-state index contributed by atoms with van der Waals surface area (Å²) in [6.07, 6.45) is 5.62. The molecule has 88 valence electrons. The van der Waals surface area contributed by atoms with Gasteiger partial charge >= 0.3 is 0 Å². The summed E-state index contributed by atoms with van der Waals surface area (Å²) in [4.78, 5) is 0. The fraction of sp³-hybridized carbons (Fsp3) is 0.571. The summed E-state index contributed by atoms with van der Waals surface area (Å²) in [5.74, 6) is 0. The van der Waals surface area contributed by atoms with Crippen molar-refractivity contribution in [3.63, 3.8) is 0 Å². The number of halogens is 1. The molecular formula is C14H19BrO. The van der Waals surface area contributed by atoms with E-state index in [4.69, 9.17) is 0 Å². The van der Waals surface area contributed by atoms with Crippen molar-refractivity contribution in [1.82, 2.24) is 0 Å². The van der Waals surface area contributed by atoms with Crippen molar-refractivity contribution in [2.24, 2.45) is 5.41 Å². The first-order valence-corrected chi connectivity index (χ1v) is 6.91. The van der Waals surface area contributed by atoms with Crippen molar-refractivity contribution in [2.75, 3.05) is 0 Å². The van der Waals surface area contributed by atoms with Crippen molar-refractivity contribution in [3.8, 4) is 0 Å². The summed E-state index contributed by atoms with van der Waals surface area (Å²) in [5, 5.41) is 10.5. The van der Waals surface area contributed by atoms with Crippen molar-refractivity contribution in [3.05, 3.63) is 34.3 Å². The summed E-state index contributed by atoms with van der Waals surface area (Å²) < 4.78 is 1.05. The van der Waals surface area contributed by atoms with E-state index < -0.39 is 0 Å². The molecule has 16 heavy (non-hydrogen) atoms. The number of aliphatic hydroxyl groups excluding tert-OH is 1. The van der Waals surface area contributed by atoms with E-state index in [0.717, 1.165) is 22.9 Å². The molecule has 1 aliphatic rings. The predicted molar refractivity (Wildman–Crippen MR) is 70.3 cm³/mol. The zero-order valence-corrected chi connectivity index (χ0v) is 11.3. The van der Waals surface area contributed by atoms with E-state index in [1.807, 2.05) is 24.3 Å². The lowest BCUT2D eigenvalue weighted by molar-refractivity contribution is -0.0440. The molecule has 0 heterocycles.